The Morgan fingerprint density at radius 3 is 2.37 bits per heavy atom. The van der Waals surface area contributed by atoms with Crippen LogP contribution in [0.15, 0.2) is 65.6 Å². The Kier molecular flexibility index (Phi) is 8.63. The molecule has 1 aliphatic rings. The van der Waals surface area contributed by atoms with Crippen LogP contribution in [0.1, 0.15) is 45.6 Å². The molecule has 0 bridgehead atoms. The molecule has 4 rings (SSSR count). The maximum Gasteiger partial charge on any atom is 0.265 e. The van der Waals surface area contributed by atoms with Crippen molar-refractivity contribution in [2.75, 3.05) is 17.4 Å². The van der Waals surface area contributed by atoms with Crippen LogP contribution in [0.3, 0.4) is 0 Å². The van der Waals surface area contributed by atoms with E-state index in [-0.39, 0.29) is 37.2 Å². The predicted octanol–water partition coefficient (Wildman–Crippen LogP) is 5.36. The number of benzene rings is 3. The maximum absolute atomic E-state index is 13.6. The first-order valence-corrected chi connectivity index (χ1v) is 14.8. The largest absolute Gasteiger partial charge is 0.354 e. The van der Waals surface area contributed by atoms with Gasteiger partial charge in [-0.25, -0.2) is 8.42 Å². The van der Waals surface area contributed by atoms with Crippen LogP contribution >= 0.6 is 11.6 Å². The Balaban J connectivity index is 1.51. The number of nitrogens with one attached hydrogen (secondary N) is 1. The molecule has 0 aliphatic carbocycles. The molecule has 9 heteroatoms. The first-order chi connectivity index (χ1) is 18.1. The molecule has 7 nitrogen and oxygen atoms in total. The smallest absolute Gasteiger partial charge is 0.265 e. The second kappa shape index (κ2) is 11.7. The zero-order chi connectivity index (χ0) is 27.4. The molecule has 2 amide bonds. The molecule has 0 unspecified atom stereocenters. The van der Waals surface area contributed by atoms with Gasteiger partial charge in [-0.15, -0.1) is 0 Å². The lowest BCUT2D eigenvalue weighted by molar-refractivity contribution is -0.141. The Morgan fingerprint density at radius 2 is 1.71 bits per heavy atom. The van der Waals surface area contributed by atoms with Crippen molar-refractivity contribution in [3.63, 3.8) is 0 Å². The van der Waals surface area contributed by atoms with Crippen LogP contribution in [-0.2, 0) is 26.2 Å². The van der Waals surface area contributed by atoms with Gasteiger partial charge in [-0.3, -0.25) is 13.9 Å². The van der Waals surface area contributed by atoms with Crippen molar-refractivity contribution in [2.24, 2.45) is 5.92 Å². The summed E-state index contributed by atoms with van der Waals surface area (Å²) in [6, 6.07) is 17.4. The number of nitrogens with zero attached hydrogens (tertiary/aromatic N) is 2. The monoisotopic (exact) mass is 555 g/mol. The van der Waals surface area contributed by atoms with Crippen molar-refractivity contribution in [1.29, 1.82) is 0 Å². The highest BCUT2D eigenvalue weighted by atomic mass is 35.5. The summed E-state index contributed by atoms with van der Waals surface area (Å²) in [6.45, 7) is 6.88. The molecule has 1 aliphatic heterocycles. The molecular weight excluding hydrogens is 522 g/mol. The van der Waals surface area contributed by atoms with Crippen molar-refractivity contribution in [1.82, 2.24) is 10.2 Å². The number of carbonyl (C=O) groups is 2. The Labute approximate surface area is 229 Å². The van der Waals surface area contributed by atoms with E-state index in [2.05, 4.69) is 5.32 Å². The van der Waals surface area contributed by atoms with Crippen LogP contribution in [0.25, 0.3) is 10.8 Å². The van der Waals surface area contributed by atoms with Gasteiger partial charge in [0.2, 0.25) is 11.8 Å². The Morgan fingerprint density at radius 1 is 1.03 bits per heavy atom. The highest BCUT2D eigenvalue weighted by Gasteiger charge is 2.35. The lowest BCUT2D eigenvalue weighted by atomic mass is 10.1. The minimum atomic E-state index is -3.69. The van der Waals surface area contributed by atoms with Gasteiger partial charge in [0.05, 0.1) is 10.6 Å². The first-order valence-electron chi connectivity index (χ1n) is 13.0. The molecule has 202 valence electrons. The lowest BCUT2D eigenvalue weighted by Gasteiger charge is -2.31. The molecule has 0 saturated carbocycles. The van der Waals surface area contributed by atoms with Crippen molar-refractivity contribution in [3.05, 3.63) is 71.2 Å². The van der Waals surface area contributed by atoms with Crippen molar-refractivity contribution in [2.45, 2.75) is 57.5 Å². The molecule has 0 saturated heterocycles. The molecule has 3 aromatic rings. The number of rotatable bonds is 11. The molecular formula is C29H34ClN3O4S. The van der Waals surface area contributed by atoms with Crippen molar-refractivity contribution < 1.29 is 18.0 Å². The van der Waals surface area contributed by atoms with Crippen LogP contribution in [0.4, 0.5) is 5.69 Å². The molecule has 1 heterocycles. The number of hydrogen-bond acceptors (Lipinski definition) is 4. The normalized spacial score (nSPS) is 14.6. The van der Waals surface area contributed by atoms with E-state index < -0.39 is 16.1 Å². The molecule has 3 aromatic carbocycles. The summed E-state index contributed by atoms with van der Waals surface area (Å²) >= 11 is 6.04. The predicted molar refractivity (Wildman–Crippen MR) is 152 cm³/mol. The minimum absolute atomic E-state index is 0.111. The van der Waals surface area contributed by atoms with Crippen molar-refractivity contribution in [3.8, 4) is 0 Å². The fraction of sp³-hybridized carbons (Fsp3) is 0.379. The third-order valence-corrected chi connectivity index (χ3v) is 8.88. The summed E-state index contributed by atoms with van der Waals surface area (Å²) in [5.74, 6) is -0.0977. The molecule has 0 aromatic heterocycles. The van der Waals surface area contributed by atoms with Gasteiger partial charge >= 0.3 is 0 Å². The fourth-order valence-electron chi connectivity index (χ4n) is 4.85. The molecule has 0 spiro atoms. The Bertz CT molecular complexity index is 1420. The summed E-state index contributed by atoms with van der Waals surface area (Å²) in [5.41, 5.74) is 1.50. The molecule has 0 fully saturated rings. The van der Waals surface area contributed by atoms with Gasteiger partial charge in [-0.05, 0) is 54.0 Å². The van der Waals surface area contributed by atoms with Gasteiger partial charge in [-0.2, -0.15) is 0 Å². The van der Waals surface area contributed by atoms with E-state index in [0.717, 1.165) is 16.3 Å². The zero-order valence-electron chi connectivity index (χ0n) is 22.0. The average molecular weight is 556 g/mol. The summed E-state index contributed by atoms with van der Waals surface area (Å²) in [7, 11) is -3.69. The number of amides is 2. The molecule has 1 N–H and O–H groups in total. The van der Waals surface area contributed by atoms with E-state index >= 15 is 0 Å². The topological polar surface area (TPSA) is 86.8 Å². The lowest BCUT2D eigenvalue weighted by Crippen LogP contribution is -2.49. The first kappa shape index (κ1) is 27.9. The Hall–Kier alpha value is -3.10. The van der Waals surface area contributed by atoms with Crippen LogP contribution in [-0.4, -0.2) is 44.3 Å². The van der Waals surface area contributed by atoms with E-state index in [1.807, 2.05) is 51.1 Å². The van der Waals surface area contributed by atoms with Gasteiger partial charge in [0.1, 0.15) is 6.04 Å². The van der Waals surface area contributed by atoms with E-state index in [4.69, 9.17) is 11.6 Å². The number of hydrogen-bond donors (Lipinski definition) is 1. The third kappa shape index (κ3) is 5.81. The van der Waals surface area contributed by atoms with Gasteiger partial charge in [-0.1, -0.05) is 68.8 Å². The van der Waals surface area contributed by atoms with Gasteiger partial charge < -0.3 is 10.2 Å². The molecule has 0 radical (unpaired) electrons. The van der Waals surface area contributed by atoms with E-state index in [1.54, 1.807) is 35.2 Å². The van der Waals surface area contributed by atoms with Crippen LogP contribution in [0, 0.1) is 5.92 Å². The second-order valence-corrected chi connectivity index (χ2v) is 12.3. The SMILES string of the molecule is CC[C@H](C(=O)NCC(C)C)N(Cc1ccc(Cl)cc1)C(=O)CCCN1c2cccc3cccc(c23)S1(=O)=O. The summed E-state index contributed by atoms with van der Waals surface area (Å²) in [5, 5.41) is 5.14. The van der Waals surface area contributed by atoms with E-state index in [9.17, 15) is 18.0 Å². The highest BCUT2D eigenvalue weighted by molar-refractivity contribution is 7.93. The number of halogens is 1. The maximum atomic E-state index is 13.6. The van der Waals surface area contributed by atoms with Crippen LogP contribution in [0.5, 0.6) is 0 Å². The molecule has 38 heavy (non-hydrogen) atoms. The number of sulfonamides is 1. The number of carbonyl (C=O) groups excluding carboxylic acids is 2. The average Bonchev–Trinajstić information content (AvgIpc) is 3.11. The van der Waals surface area contributed by atoms with Gasteiger partial charge in [0, 0.05) is 36.5 Å². The standard InChI is InChI=1S/C29H34ClN3O4S/c1-4-24(29(35)31-18-20(2)3)32(19-21-13-15-23(30)16-14-21)27(34)12-7-17-33-25-10-5-8-22-9-6-11-26(28(22)25)38(33,36)37/h5-6,8-11,13-16,20,24H,4,7,12,17-19H2,1-3H3,(H,31,35)/t24-/m1/s1. The second-order valence-electron chi connectivity index (χ2n) is 10.0. The third-order valence-electron chi connectivity index (χ3n) is 6.77. The van der Waals surface area contributed by atoms with Gasteiger partial charge in [0.25, 0.3) is 10.0 Å². The van der Waals surface area contributed by atoms with E-state index in [0.29, 0.717) is 35.0 Å². The fourth-order valence-corrected chi connectivity index (χ4v) is 6.72. The zero-order valence-corrected chi connectivity index (χ0v) is 23.6. The highest BCUT2D eigenvalue weighted by Crippen LogP contribution is 2.42. The number of anilines is 1. The van der Waals surface area contributed by atoms with E-state index in [1.165, 1.54) is 4.31 Å². The van der Waals surface area contributed by atoms with Gasteiger partial charge in [0.15, 0.2) is 0 Å². The summed E-state index contributed by atoms with van der Waals surface area (Å²) in [4.78, 5) is 28.5. The molecule has 1 atom stereocenters. The van der Waals surface area contributed by atoms with Crippen LogP contribution < -0.4 is 9.62 Å². The van der Waals surface area contributed by atoms with Crippen molar-refractivity contribution >= 4 is 49.9 Å². The summed E-state index contributed by atoms with van der Waals surface area (Å²) < 4.78 is 28.0. The minimum Gasteiger partial charge on any atom is -0.354 e. The quantitative estimate of drug-likeness (QED) is 0.345. The summed E-state index contributed by atoms with van der Waals surface area (Å²) in [6.07, 6.45) is 0.893. The van der Waals surface area contributed by atoms with Crippen LogP contribution in [0.2, 0.25) is 5.02 Å².